The highest BCUT2D eigenvalue weighted by atomic mass is 19.4. The molecule has 10 heteroatoms. The predicted octanol–water partition coefficient (Wildman–Crippen LogP) is 3.22. The molecular weight excluding hydrogens is 411 g/mol. The molecule has 0 atom stereocenters. The zero-order valence-electron chi connectivity index (χ0n) is 17.2. The molecule has 0 unspecified atom stereocenters. The van der Waals surface area contributed by atoms with Gasteiger partial charge in [0.05, 0.1) is 12.1 Å². The van der Waals surface area contributed by atoms with Crippen molar-refractivity contribution in [2.45, 2.75) is 33.1 Å². The fourth-order valence-electron chi connectivity index (χ4n) is 3.32. The Morgan fingerprint density at radius 3 is 2.55 bits per heavy atom. The number of hydrogen-bond donors (Lipinski definition) is 1. The molecule has 1 aliphatic heterocycles. The third kappa shape index (κ3) is 4.60. The van der Waals surface area contributed by atoms with Crippen LogP contribution >= 0.6 is 0 Å². The molecule has 0 aliphatic carbocycles. The number of amides is 2. The second kappa shape index (κ2) is 8.26. The molecule has 0 saturated heterocycles. The van der Waals surface area contributed by atoms with Crippen LogP contribution in [-0.4, -0.2) is 35.3 Å². The number of benzene rings is 1. The molecule has 1 aromatic heterocycles. The molecule has 0 saturated carbocycles. The Hall–Kier alpha value is -3.61. The van der Waals surface area contributed by atoms with E-state index in [4.69, 9.17) is 0 Å². The molecule has 1 N–H and O–H groups in total. The number of nitriles is 1. The van der Waals surface area contributed by atoms with Gasteiger partial charge in [-0.1, -0.05) is 6.07 Å². The fraction of sp³-hybridized carbons (Fsp3) is 0.333. The first-order valence-corrected chi connectivity index (χ1v) is 9.38. The van der Waals surface area contributed by atoms with Crippen molar-refractivity contribution >= 4 is 23.3 Å². The maximum atomic E-state index is 13.0. The summed E-state index contributed by atoms with van der Waals surface area (Å²) >= 11 is 0. The van der Waals surface area contributed by atoms with Crippen LogP contribution in [0.4, 0.5) is 24.7 Å². The molecule has 1 aromatic carbocycles. The summed E-state index contributed by atoms with van der Waals surface area (Å²) in [6.07, 6.45) is -4.67. The number of carbonyl (C=O) groups is 2. The Bertz CT molecular complexity index is 1090. The van der Waals surface area contributed by atoms with Gasteiger partial charge >= 0.3 is 6.18 Å². The molecule has 0 bridgehead atoms. The number of halogens is 3. The lowest BCUT2D eigenvalue weighted by Gasteiger charge is -2.19. The summed E-state index contributed by atoms with van der Waals surface area (Å²) in [4.78, 5) is 30.7. The highest BCUT2D eigenvalue weighted by molar-refractivity contribution is 5.95. The summed E-state index contributed by atoms with van der Waals surface area (Å²) < 4.78 is 39.1. The van der Waals surface area contributed by atoms with Crippen LogP contribution in [0.25, 0.3) is 0 Å². The number of likely N-dealkylation sites (N-methyl/N-ethyl adjacent to an activating group) is 1. The number of carbonyl (C=O) groups excluding carboxylic acids is 2. The van der Waals surface area contributed by atoms with Crippen LogP contribution in [0.3, 0.4) is 0 Å². The lowest BCUT2D eigenvalue weighted by Crippen LogP contribution is -2.32. The summed E-state index contributed by atoms with van der Waals surface area (Å²) in [5.74, 6) is -0.756. The van der Waals surface area contributed by atoms with Crippen molar-refractivity contribution in [1.82, 2.24) is 9.88 Å². The van der Waals surface area contributed by atoms with E-state index >= 15 is 0 Å². The smallest absolute Gasteiger partial charge is 0.360 e. The van der Waals surface area contributed by atoms with Crippen LogP contribution in [0.1, 0.15) is 34.9 Å². The normalized spacial score (nSPS) is 12.9. The summed E-state index contributed by atoms with van der Waals surface area (Å²) in [6, 6.07) is 8.01. The third-order valence-electron chi connectivity index (χ3n) is 5.14. The number of alkyl halides is 3. The number of anilines is 2. The number of hydrogen-bond acceptors (Lipinski definition) is 5. The van der Waals surface area contributed by atoms with E-state index in [1.807, 2.05) is 18.2 Å². The molecule has 31 heavy (non-hydrogen) atoms. The second-order valence-electron chi connectivity index (χ2n) is 7.29. The SMILES string of the molecule is CC(=O)N1Cc2ccc(N(C)C(=O)CNc3nc(C(F)(F)F)cc(C)c3C#N)cc2C1. The molecule has 7 nitrogen and oxygen atoms in total. The maximum absolute atomic E-state index is 13.0. The second-order valence-corrected chi connectivity index (χ2v) is 7.29. The van der Waals surface area contributed by atoms with E-state index in [1.165, 1.54) is 18.7 Å². The molecule has 162 valence electrons. The summed E-state index contributed by atoms with van der Waals surface area (Å²) in [6.45, 7) is 3.49. The molecule has 2 aromatic rings. The predicted molar refractivity (Wildman–Crippen MR) is 107 cm³/mol. The topological polar surface area (TPSA) is 89.3 Å². The van der Waals surface area contributed by atoms with Crippen molar-refractivity contribution in [3.05, 3.63) is 52.2 Å². The molecule has 2 heterocycles. The number of rotatable bonds is 4. The van der Waals surface area contributed by atoms with Crippen molar-refractivity contribution in [2.24, 2.45) is 0 Å². The van der Waals surface area contributed by atoms with Gasteiger partial charge in [-0.15, -0.1) is 0 Å². The van der Waals surface area contributed by atoms with Gasteiger partial charge in [0.2, 0.25) is 11.8 Å². The van der Waals surface area contributed by atoms with E-state index in [0.29, 0.717) is 18.8 Å². The third-order valence-corrected chi connectivity index (χ3v) is 5.14. The number of pyridine rings is 1. The standard InChI is InChI=1S/C21H20F3N5O2/c1-12-6-18(21(22,23)24)27-20(17(12)8-25)26-9-19(31)28(3)16-5-4-14-10-29(13(2)30)11-15(14)7-16/h4-7H,9-11H2,1-3H3,(H,26,27). The van der Waals surface area contributed by atoms with Gasteiger partial charge in [0.25, 0.3) is 0 Å². The zero-order chi connectivity index (χ0) is 22.9. The Morgan fingerprint density at radius 2 is 1.94 bits per heavy atom. The van der Waals surface area contributed by atoms with Crippen molar-refractivity contribution in [2.75, 3.05) is 23.8 Å². The van der Waals surface area contributed by atoms with Gasteiger partial charge in [-0.05, 0) is 41.8 Å². The number of fused-ring (bicyclic) bond motifs is 1. The monoisotopic (exact) mass is 431 g/mol. The number of nitrogens with zero attached hydrogens (tertiary/aromatic N) is 4. The summed E-state index contributed by atoms with van der Waals surface area (Å²) in [5.41, 5.74) is 1.44. The van der Waals surface area contributed by atoms with E-state index in [0.717, 1.165) is 17.2 Å². The van der Waals surface area contributed by atoms with E-state index in [2.05, 4.69) is 10.3 Å². The Labute approximate surface area is 177 Å². The van der Waals surface area contributed by atoms with E-state index in [9.17, 15) is 28.0 Å². The van der Waals surface area contributed by atoms with E-state index in [1.54, 1.807) is 18.0 Å². The van der Waals surface area contributed by atoms with Crippen LogP contribution in [-0.2, 0) is 28.9 Å². The average Bonchev–Trinajstić information content (AvgIpc) is 3.14. The van der Waals surface area contributed by atoms with Crippen LogP contribution in [0.2, 0.25) is 0 Å². The van der Waals surface area contributed by atoms with Crippen LogP contribution in [0.15, 0.2) is 24.3 Å². The van der Waals surface area contributed by atoms with Crippen LogP contribution < -0.4 is 10.2 Å². The Kier molecular flexibility index (Phi) is 5.88. The van der Waals surface area contributed by atoms with Crippen molar-refractivity contribution < 1.29 is 22.8 Å². The van der Waals surface area contributed by atoms with Crippen molar-refractivity contribution in [3.8, 4) is 6.07 Å². The largest absolute Gasteiger partial charge is 0.433 e. The van der Waals surface area contributed by atoms with Crippen molar-refractivity contribution in [1.29, 1.82) is 5.26 Å². The minimum atomic E-state index is -4.67. The molecule has 0 spiro atoms. The average molecular weight is 431 g/mol. The minimum absolute atomic E-state index is 0.0384. The van der Waals surface area contributed by atoms with E-state index < -0.39 is 17.8 Å². The first-order chi connectivity index (χ1) is 14.5. The van der Waals surface area contributed by atoms with Gasteiger partial charge in [-0.25, -0.2) is 4.98 Å². The lowest BCUT2D eigenvalue weighted by molar-refractivity contribution is -0.141. The highest BCUT2D eigenvalue weighted by Gasteiger charge is 2.34. The number of aromatic nitrogens is 1. The highest BCUT2D eigenvalue weighted by Crippen LogP contribution is 2.31. The van der Waals surface area contributed by atoms with Gasteiger partial charge in [0.15, 0.2) is 0 Å². The van der Waals surface area contributed by atoms with Gasteiger partial charge in [-0.3, -0.25) is 9.59 Å². The van der Waals surface area contributed by atoms with E-state index in [-0.39, 0.29) is 29.4 Å². The van der Waals surface area contributed by atoms with Crippen LogP contribution in [0, 0.1) is 18.3 Å². The number of nitrogens with one attached hydrogen (secondary N) is 1. The Morgan fingerprint density at radius 1 is 1.26 bits per heavy atom. The van der Waals surface area contributed by atoms with Crippen LogP contribution in [0.5, 0.6) is 0 Å². The fourth-order valence-corrected chi connectivity index (χ4v) is 3.32. The van der Waals surface area contributed by atoms with Gasteiger partial charge in [0, 0.05) is 32.7 Å². The summed E-state index contributed by atoms with van der Waals surface area (Å²) in [5, 5.41) is 11.8. The maximum Gasteiger partial charge on any atom is 0.433 e. The summed E-state index contributed by atoms with van der Waals surface area (Å²) in [7, 11) is 1.54. The molecule has 1 aliphatic rings. The zero-order valence-corrected chi connectivity index (χ0v) is 17.2. The van der Waals surface area contributed by atoms with Crippen molar-refractivity contribution in [3.63, 3.8) is 0 Å². The molecular formula is C21H20F3N5O2. The number of aryl methyl sites for hydroxylation is 1. The molecule has 2 amide bonds. The minimum Gasteiger partial charge on any atom is -0.360 e. The molecule has 3 rings (SSSR count). The quantitative estimate of drug-likeness (QED) is 0.803. The molecule has 0 radical (unpaired) electrons. The lowest BCUT2D eigenvalue weighted by atomic mass is 10.1. The van der Waals surface area contributed by atoms with Gasteiger partial charge < -0.3 is 15.1 Å². The first kappa shape index (κ1) is 22.1. The molecule has 0 fully saturated rings. The van der Waals surface area contributed by atoms with Gasteiger partial charge in [0.1, 0.15) is 17.6 Å². The van der Waals surface area contributed by atoms with Gasteiger partial charge in [-0.2, -0.15) is 18.4 Å². The Balaban J connectivity index is 1.75. The first-order valence-electron chi connectivity index (χ1n) is 9.38.